The minimum atomic E-state index is 0.691. The fourth-order valence-electron chi connectivity index (χ4n) is 3.53. The van der Waals surface area contributed by atoms with E-state index in [1.807, 2.05) is 0 Å². The van der Waals surface area contributed by atoms with Crippen LogP contribution in [-0.4, -0.2) is 36.6 Å². The van der Waals surface area contributed by atoms with Crippen molar-refractivity contribution >= 4 is 0 Å². The standard InChI is InChI=1S/C15H30N2/c1-12-10-16-13(2)8-9-17(11-12)14(3)15-6-4-5-7-15/h12-16H,4-11H2,1-3H3. The van der Waals surface area contributed by atoms with Crippen LogP contribution in [0.25, 0.3) is 0 Å². The first-order chi connectivity index (χ1) is 8.16. The number of nitrogens with zero attached hydrogens (tertiary/aromatic N) is 1. The molecule has 2 rings (SSSR count). The third-order valence-electron chi connectivity index (χ3n) is 4.87. The molecule has 1 aliphatic carbocycles. The number of hydrogen-bond donors (Lipinski definition) is 1. The smallest absolute Gasteiger partial charge is 0.00953 e. The molecule has 2 fully saturated rings. The predicted octanol–water partition coefficient (Wildman–Crippen LogP) is 2.89. The molecule has 17 heavy (non-hydrogen) atoms. The number of hydrogen-bond acceptors (Lipinski definition) is 2. The van der Waals surface area contributed by atoms with Gasteiger partial charge in [-0.1, -0.05) is 19.8 Å². The van der Waals surface area contributed by atoms with Crippen molar-refractivity contribution in [1.29, 1.82) is 0 Å². The zero-order valence-corrected chi connectivity index (χ0v) is 11.9. The molecule has 100 valence electrons. The lowest BCUT2D eigenvalue weighted by Gasteiger charge is -2.37. The van der Waals surface area contributed by atoms with Gasteiger partial charge < -0.3 is 10.2 Å². The highest BCUT2D eigenvalue weighted by Crippen LogP contribution is 2.30. The van der Waals surface area contributed by atoms with Gasteiger partial charge in [0.1, 0.15) is 0 Å². The average Bonchev–Trinajstić information content (AvgIpc) is 2.82. The Hall–Kier alpha value is -0.0800. The van der Waals surface area contributed by atoms with Crippen LogP contribution in [0, 0.1) is 11.8 Å². The SMILES string of the molecule is CC1CNC(C)CCN(C(C)C2CCCC2)C1. The topological polar surface area (TPSA) is 15.3 Å². The first-order valence-electron chi connectivity index (χ1n) is 7.64. The van der Waals surface area contributed by atoms with Gasteiger partial charge in [-0.3, -0.25) is 0 Å². The van der Waals surface area contributed by atoms with Crippen LogP contribution in [-0.2, 0) is 0 Å². The molecule has 1 saturated carbocycles. The lowest BCUT2D eigenvalue weighted by atomic mass is 9.96. The first kappa shape index (κ1) is 13.4. The van der Waals surface area contributed by atoms with Gasteiger partial charge in [-0.2, -0.15) is 0 Å². The molecule has 1 N–H and O–H groups in total. The molecular formula is C15H30N2. The Labute approximate surface area is 107 Å². The highest BCUT2D eigenvalue weighted by Gasteiger charge is 2.28. The van der Waals surface area contributed by atoms with Crippen molar-refractivity contribution in [2.45, 2.75) is 65.0 Å². The monoisotopic (exact) mass is 238 g/mol. The van der Waals surface area contributed by atoms with Gasteiger partial charge in [-0.15, -0.1) is 0 Å². The summed E-state index contributed by atoms with van der Waals surface area (Å²) in [5.74, 6) is 1.77. The zero-order valence-electron chi connectivity index (χ0n) is 11.9. The summed E-state index contributed by atoms with van der Waals surface area (Å²) in [5, 5.41) is 3.64. The molecule has 2 nitrogen and oxygen atoms in total. The second kappa shape index (κ2) is 6.19. The minimum absolute atomic E-state index is 0.691. The van der Waals surface area contributed by atoms with E-state index in [2.05, 4.69) is 31.0 Å². The van der Waals surface area contributed by atoms with Crippen LogP contribution < -0.4 is 5.32 Å². The van der Waals surface area contributed by atoms with Crippen molar-refractivity contribution < 1.29 is 0 Å². The summed E-state index contributed by atoms with van der Waals surface area (Å²) in [4.78, 5) is 2.78. The maximum atomic E-state index is 3.64. The lowest BCUT2D eigenvalue weighted by Crippen LogP contribution is -2.47. The van der Waals surface area contributed by atoms with Crippen molar-refractivity contribution in [2.75, 3.05) is 19.6 Å². The van der Waals surface area contributed by atoms with E-state index >= 15 is 0 Å². The quantitative estimate of drug-likeness (QED) is 0.796. The normalized spacial score (nSPS) is 35.5. The maximum absolute atomic E-state index is 3.64. The van der Waals surface area contributed by atoms with Crippen LogP contribution in [0.4, 0.5) is 0 Å². The van der Waals surface area contributed by atoms with E-state index < -0.39 is 0 Å². The number of rotatable bonds is 2. The highest BCUT2D eigenvalue weighted by atomic mass is 15.2. The van der Waals surface area contributed by atoms with E-state index in [-0.39, 0.29) is 0 Å². The van der Waals surface area contributed by atoms with Gasteiger partial charge in [0, 0.05) is 18.6 Å². The van der Waals surface area contributed by atoms with Crippen molar-refractivity contribution in [3.8, 4) is 0 Å². The molecule has 0 spiro atoms. The Morgan fingerprint density at radius 2 is 1.82 bits per heavy atom. The first-order valence-corrected chi connectivity index (χ1v) is 7.64. The molecule has 3 atom stereocenters. The Kier molecular flexibility index (Phi) is 4.87. The van der Waals surface area contributed by atoms with Crippen molar-refractivity contribution in [3.05, 3.63) is 0 Å². The average molecular weight is 238 g/mol. The van der Waals surface area contributed by atoms with Gasteiger partial charge in [0.25, 0.3) is 0 Å². The fourth-order valence-corrected chi connectivity index (χ4v) is 3.53. The molecule has 1 saturated heterocycles. The van der Waals surface area contributed by atoms with Gasteiger partial charge >= 0.3 is 0 Å². The van der Waals surface area contributed by atoms with Crippen LogP contribution in [0.1, 0.15) is 52.9 Å². The van der Waals surface area contributed by atoms with Crippen molar-refractivity contribution in [3.63, 3.8) is 0 Å². The summed E-state index contributed by atoms with van der Waals surface area (Å²) in [6.45, 7) is 11.0. The van der Waals surface area contributed by atoms with Gasteiger partial charge in [0.2, 0.25) is 0 Å². The van der Waals surface area contributed by atoms with Gasteiger partial charge in [-0.05, 0) is 58.0 Å². The molecule has 3 unspecified atom stereocenters. The van der Waals surface area contributed by atoms with Gasteiger partial charge in [0.05, 0.1) is 0 Å². The van der Waals surface area contributed by atoms with E-state index in [9.17, 15) is 0 Å². The predicted molar refractivity (Wildman–Crippen MR) is 74.2 cm³/mol. The highest BCUT2D eigenvalue weighted by molar-refractivity contribution is 4.83. The van der Waals surface area contributed by atoms with E-state index in [0.717, 1.165) is 17.9 Å². The van der Waals surface area contributed by atoms with E-state index in [1.165, 1.54) is 51.7 Å². The molecule has 0 aromatic rings. The fraction of sp³-hybridized carbons (Fsp3) is 1.00. The van der Waals surface area contributed by atoms with Crippen molar-refractivity contribution in [1.82, 2.24) is 10.2 Å². The van der Waals surface area contributed by atoms with E-state index in [4.69, 9.17) is 0 Å². The molecule has 2 heteroatoms. The zero-order chi connectivity index (χ0) is 12.3. The molecule has 1 aliphatic heterocycles. The second-order valence-corrected chi connectivity index (χ2v) is 6.48. The third kappa shape index (κ3) is 3.69. The van der Waals surface area contributed by atoms with Crippen LogP contribution in [0.3, 0.4) is 0 Å². The molecular weight excluding hydrogens is 208 g/mol. The number of nitrogens with one attached hydrogen (secondary N) is 1. The van der Waals surface area contributed by atoms with Gasteiger partial charge in [0.15, 0.2) is 0 Å². The van der Waals surface area contributed by atoms with Crippen LogP contribution in [0.2, 0.25) is 0 Å². The summed E-state index contributed by atoms with van der Waals surface area (Å²) in [7, 11) is 0. The Morgan fingerprint density at radius 3 is 2.53 bits per heavy atom. The second-order valence-electron chi connectivity index (χ2n) is 6.48. The molecule has 0 bridgehead atoms. The van der Waals surface area contributed by atoms with Crippen LogP contribution in [0.5, 0.6) is 0 Å². The van der Waals surface area contributed by atoms with Crippen LogP contribution >= 0.6 is 0 Å². The molecule has 2 aliphatic rings. The van der Waals surface area contributed by atoms with Crippen LogP contribution in [0.15, 0.2) is 0 Å². The summed E-state index contributed by atoms with van der Waals surface area (Å²) in [5.41, 5.74) is 0. The molecule has 0 aromatic carbocycles. The lowest BCUT2D eigenvalue weighted by molar-refractivity contribution is 0.118. The van der Waals surface area contributed by atoms with E-state index in [1.54, 1.807) is 0 Å². The largest absolute Gasteiger partial charge is 0.314 e. The van der Waals surface area contributed by atoms with E-state index in [0.29, 0.717) is 6.04 Å². The third-order valence-corrected chi connectivity index (χ3v) is 4.87. The maximum Gasteiger partial charge on any atom is 0.00953 e. The summed E-state index contributed by atoms with van der Waals surface area (Å²) >= 11 is 0. The summed E-state index contributed by atoms with van der Waals surface area (Å²) in [6.07, 6.45) is 7.19. The summed E-state index contributed by atoms with van der Waals surface area (Å²) < 4.78 is 0. The molecule has 1 heterocycles. The summed E-state index contributed by atoms with van der Waals surface area (Å²) in [6, 6.07) is 1.50. The van der Waals surface area contributed by atoms with Gasteiger partial charge in [-0.25, -0.2) is 0 Å². The molecule has 0 aromatic heterocycles. The molecule has 0 amide bonds. The Bertz CT molecular complexity index is 223. The van der Waals surface area contributed by atoms with Crippen molar-refractivity contribution in [2.24, 2.45) is 11.8 Å². The minimum Gasteiger partial charge on any atom is -0.314 e. The molecule has 0 radical (unpaired) electrons. The Balaban J connectivity index is 1.91. The Morgan fingerprint density at radius 1 is 1.12 bits per heavy atom.